The monoisotopic (exact) mass is 325 g/mol. The van der Waals surface area contributed by atoms with Crippen LogP contribution < -0.4 is 10.6 Å². The Hall–Kier alpha value is -0.880. The summed E-state index contributed by atoms with van der Waals surface area (Å²) in [7, 11) is 0. The fourth-order valence-corrected chi connectivity index (χ4v) is 3.44. The molecule has 0 bridgehead atoms. The summed E-state index contributed by atoms with van der Waals surface area (Å²) >= 11 is 3.53. The first-order chi connectivity index (χ1) is 9.28. The summed E-state index contributed by atoms with van der Waals surface area (Å²) in [4.78, 5) is 11.4. The minimum atomic E-state index is 0.517. The highest BCUT2D eigenvalue weighted by Crippen LogP contribution is 2.31. The second kappa shape index (κ2) is 5.63. The third kappa shape index (κ3) is 2.69. The number of fused-ring (bicyclic) bond motifs is 1. The average Bonchev–Trinajstić information content (AvgIpc) is 2.98. The molecule has 6 heteroatoms. The van der Waals surface area contributed by atoms with Crippen molar-refractivity contribution in [2.24, 2.45) is 0 Å². The summed E-state index contributed by atoms with van der Waals surface area (Å²) in [6.07, 6.45) is 5.66. The molecule has 2 fully saturated rings. The lowest BCUT2D eigenvalue weighted by atomic mass is 10.1. The maximum atomic E-state index is 4.54. The number of halogens is 1. The second-order valence-corrected chi connectivity index (χ2v) is 6.06. The molecule has 2 saturated heterocycles. The molecule has 0 saturated carbocycles. The molecule has 1 aromatic rings. The third-order valence-corrected chi connectivity index (χ3v) is 4.59. The normalized spacial score (nSPS) is 26.4. The summed E-state index contributed by atoms with van der Waals surface area (Å²) in [6.45, 7) is 5.36. The van der Waals surface area contributed by atoms with Crippen LogP contribution in [-0.4, -0.2) is 46.6 Å². The van der Waals surface area contributed by atoms with Crippen LogP contribution in [0.2, 0.25) is 0 Å². The van der Waals surface area contributed by atoms with Crippen LogP contribution in [0, 0.1) is 0 Å². The van der Waals surface area contributed by atoms with E-state index in [-0.39, 0.29) is 0 Å². The number of hydrogen-bond donors (Lipinski definition) is 2. The van der Waals surface area contributed by atoms with Crippen molar-refractivity contribution in [1.82, 2.24) is 14.9 Å². The lowest BCUT2D eigenvalue weighted by Gasteiger charge is -2.22. The quantitative estimate of drug-likeness (QED) is 0.889. The lowest BCUT2D eigenvalue weighted by molar-refractivity contribution is 0.318. The Kier molecular flexibility index (Phi) is 3.88. The van der Waals surface area contributed by atoms with Crippen molar-refractivity contribution in [2.75, 3.05) is 30.3 Å². The molecule has 3 heterocycles. The molecule has 2 unspecified atom stereocenters. The molecule has 0 aliphatic carbocycles. The number of hydrogen-bond acceptors (Lipinski definition) is 5. The van der Waals surface area contributed by atoms with Gasteiger partial charge in [-0.3, -0.25) is 4.90 Å². The van der Waals surface area contributed by atoms with Crippen LogP contribution in [0.1, 0.15) is 26.2 Å². The first-order valence-corrected chi connectivity index (χ1v) is 7.84. The van der Waals surface area contributed by atoms with Gasteiger partial charge in [0.15, 0.2) is 0 Å². The zero-order valence-corrected chi connectivity index (χ0v) is 12.8. The van der Waals surface area contributed by atoms with E-state index in [2.05, 4.69) is 41.4 Å². The highest BCUT2D eigenvalue weighted by atomic mass is 79.9. The van der Waals surface area contributed by atoms with Crippen LogP contribution in [0.15, 0.2) is 10.7 Å². The SMILES string of the molecule is CCNc1ncc(Br)c(NC2CCN3CCCC23)n1. The van der Waals surface area contributed by atoms with E-state index < -0.39 is 0 Å². The molecule has 0 radical (unpaired) electrons. The fourth-order valence-electron chi connectivity index (χ4n) is 3.14. The Balaban J connectivity index is 1.73. The van der Waals surface area contributed by atoms with E-state index in [9.17, 15) is 0 Å². The second-order valence-electron chi connectivity index (χ2n) is 5.21. The highest BCUT2D eigenvalue weighted by Gasteiger charge is 2.37. The smallest absolute Gasteiger partial charge is 0.224 e. The lowest BCUT2D eigenvalue weighted by Crippen LogP contribution is -2.34. The van der Waals surface area contributed by atoms with Crippen LogP contribution in [-0.2, 0) is 0 Å². The molecule has 2 N–H and O–H groups in total. The van der Waals surface area contributed by atoms with Gasteiger partial charge in [-0.2, -0.15) is 4.98 Å². The Bertz CT molecular complexity index is 453. The number of nitrogens with zero attached hydrogens (tertiary/aromatic N) is 3. The summed E-state index contributed by atoms with van der Waals surface area (Å²) in [6, 6.07) is 1.20. The van der Waals surface area contributed by atoms with Gasteiger partial charge in [0.2, 0.25) is 5.95 Å². The molecule has 2 atom stereocenters. The number of rotatable bonds is 4. The van der Waals surface area contributed by atoms with Gasteiger partial charge in [0, 0.05) is 31.4 Å². The van der Waals surface area contributed by atoms with Crippen molar-refractivity contribution in [3.63, 3.8) is 0 Å². The summed E-state index contributed by atoms with van der Waals surface area (Å²) in [5.74, 6) is 1.60. The molecule has 3 rings (SSSR count). The molecular formula is C13H20BrN5. The predicted octanol–water partition coefficient (Wildman–Crippen LogP) is 2.32. The Morgan fingerprint density at radius 2 is 2.32 bits per heavy atom. The van der Waals surface area contributed by atoms with Crippen molar-refractivity contribution in [1.29, 1.82) is 0 Å². The molecule has 0 aromatic carbocycles. The topological polar surface area (TPSA) is 53.1 Å². The van der Waals surface area contributed by atoms with E-state index in [0.717, 1.165) is 16.8 Å². The van der Waals surface area contributed by atoms with E-state index in [1.165, 1.54) is 32.4 Å². The molecule has 2 aliphatic rings. The summed E-state index contributed by atoms with van der Waals surface area (Å²) in [5.41, 5.74) is 0. The summed E-state index contributed by atoms with van der Waals surface area (Å²) in [5, 5.41) is 6.75. The van der Waals surface area contributed by atoms with E-state index in [4.69, 9.17) is 0 Å². The zero-order valence-electron chi connectivity index (χ0n) is 11.2. The zero-order chi connectivity index (χ0) is 13.2. The fraction of sp³-hybridized carbons (Fsp3) is 0.692. The minimum Gasteiger partial charge on any atom is -0.365 e. The average molecular weight is 326 g/mol. The predicted molar refractivity (Wildman–Crippen MR) is 80.5 cm³/mol. The minimum absolute atomic E-state index is 0.517. The van der Waals surface area contributed by atoms with Gasteiger partial charge in [0.25, 0.3) is 0 Å². The largest absolute Gasteiger partial charge is 0.365 e. The Morgan fingerprint density at radius 1 is 1.42 bits per heavy atom. The number of aromatic nitrogens is 2. The van der Waals surface area contributed by atoms with Gasteiger partial charge in [-0.05, 0) is 48.7 Å². The molecule has 2 aliphatic heterocycles. The molecule has 0 amide bonds. The third-order valence-electron chi connectivity index (χ3n) is 4.01. The van der Waals surface area contributed by atoms with Gasteiger partial charge in [0.1, 0.15) is 5.82 Å². The van der Waals surface area contributed by atoms with E-state index in [0.29, 0.717) is 18.0 Å². The van der Waals surface area contributed by atoms with Gasteiger partial charge in [-0.25, -0.2) is 4.98 Å². The van der Waals surface area contributed by atoms with Gasteiger partial charge >= 0.3 is 0 Å². The van der Waals surface area contributed by atoms with Crippen molar-refractivity contribution < 1.29 is 0 Å². The number of anilines is 2. The van der Waals surface area contributed by atoms with E-state index >= 15 is 0 Å². The standard InChI is InChI=1S/C13H20BrN5/c1-2-15-13-16-8-9(14)12(18-13)17-10-5-7-19-6-3-4-11(10)19/h8,10-11H,2-7H2,1H3,(H2,15,16,17,18). The maximum absolute atomic E-state index is 4.54. The summed E-state index contributed by atoms with van der Waals surface area (Å²) < 4.78 is 0.936. The Morgan fingerprint density at radius 3 is 3.16 bits per heavy atom. The molecule has 19 heavy (non-hydrogen) atoms. The van der Waals surface area contributed by atoms with Crippen LogP contribution in [0.5, 0.6) is 0 Å². The van der Waals surface area contributed by atoms with Crippen LogP contribution in [0.3, 0.4) is 0 Å². The van der Waals surface area contributed by atoms with Crippen molar-refractivity contribution >= 4 is 27.7 Å². The van der Waals surface area contributed by atoms with Crippen molar-refractivity contribution in [3.8, 4) is 0 Å². The van der Waals surface area contributed by atoms with Gasteiger partial charge < -0.3 is 10.6 Å². The first kappa shape index (κ1) is 13.1. The van der Waals surface area contributed by atoms with Crippen LogP contribution >= 0.6 is 15.9 Å². The molecule has 1 aromatic heterocycles. The van der Waals surface area contributed by atoms with Crippen LogP contribution in [0.4, 0.5) is 11.8 Å². The maximum Gasteiger partial charge on any atom is 0.224 e. The molecule has 104 valence electrons. The Labute approximate surface area is 122 Å². The molecule has 5 nitrogen and oxygen atoms in total. The van der Waals surface area contributed by atoms with Gasteiger partial charge in [-0.15, -0.1) is 0 Å². The molecular weight excluding hydrogens is 306 g/mol. The first-order valence-electron chi connectivity index (χ1n) is 7.05. The van der Waals surface area contributed by atoms with E-state index in [1.807, 2.05) is 13.1 Å². The van der Waals surface area contributed by atoms with Crippen molar-refractivity contribution in [2.45, 2.75) is 38.3 Å². The highest BCUT2D eigenvalue weighted by molar-refractivity contribution is 9.10. The molecule has 0 spiro atoms. The van der Waals surface area contributed by atoms with Gasteiger partial charge in [-0.1, -0.05) is 0 Å². The van der Waals surface area contributed by atoms with E-state index in [1.54, 1.807) is 0 Å². The van der Waals surface area contributed by atoms with Crippen LogP contribution in [0.25, 0.3) is 0 Å². The van der Waals surface area contributed by atoms with Crippen molar-refractivity contribution in [3.05, 3.63) is 10.7 Å². The van der Waals surface area contributed by atoms with Gasteiger partial charge in [0.05, 0.1) is 4.47 Å². The number of nitrogens with one attached hydrogen (secondary N) is 2.